The third-order valence-electron chi connectivity index (χ3n) is 1.25. The maximum Gasteiger partial charge on any atom is 0.120 e. The number of unbranched alkanes of at least 4 members (excludes halogenated alkanes) is 1. The monoisotopic (exact) mass is 144 g/mol. The molecule has 0 aromatic heterocycles. The number of aliphatic imine (C=N–C) groups is 1. The Bertz CT molecular complexity index is 102. The maximum atomic E-state index is 8.50. The van der Waals surface area contributed by atoms with Gasteiger partial charge in [0.2, 0.25) is 0 Å². The Hall–Kier alpha value is -0.570. The van der Waals surface area contributed by atoms with Gasteiger partial charge in [0.05, 0.1) is 0 Å². The highest BCUT2D eigenvalue weighted by molar-refractivity contribution is 5.80. The molecular formula is C7H16N2O. The lowest BCUT2D eigenvalue weighted by Gasteiger charge is -2.01. The van der Waals surface area contributed by atoms with Crippen LogP contribution in [0.5, 0.6) is 0 Å². The summed E-state index contributed by atoms with van der Waals surface area (Å²) in [5.41, 5.74) is 2.09. The van der Waals surface area contributed by atoms with Crippen LogP contribution in [0.3, 0.4) is 0 Å². The fourth-order valence-corrected chi connectivity index (χ4v) is 0.705. The molecule has 0 spiro atoms. The van der Waals surface area contributed by atoms with Gasteiger partial charge in [-0.05, 0) is 13.3 Å². The average Bonchev–Trinajstić information content (AvgIpc) is 1.98. The van der Waals surface area contributed by atoms with E-state index < -0.39 is 0 Å². The van der Waals surface area contributed by atoms with E-state index in [0.29, 0.717) is 5.84 Å². The minimum Gasteiger partial charge on any atom is -0.290 e. The topological polar surface area (TPSA) is 44.6 Å². The van der Waals surface area contributed by atoms with Crippen LogP contribution in [-0.2, 0) is 0 Å². The van der Waals surface area contributed by atoms with Crippen molar-refractivity contribution in [2.75, 3.05) is 6.54 Å². The minimum absolute atomic E-state index is 0.698. The molecule has 0 rings (SSSR count). The fourth-order valence-electron chi connectivity index (χ4n) is 0.705. The normalized spacial score (nSPS) is 11.7. The van der Waals surface area contributed by atoms with Crippen molar-refractivity contribution in [2.45, 2.75) is 33.1 Å². The first-order valence-corrected chi connectivity index (χ1v) is 3.78. The number of amidine groups is 1. The van der Waals surface area contributed by atoms with Gasteiger partial charge in [0.15, 0.2) is 0 Å². The lowest BCUT2D eigenvalue weighted by Crippen LogP contribution is -2.18. The molecule has 3 heteroatoms. The molecule has 0 radical (unpaired) electrons. The third kappa shape index (κ3) is 4.32. The van der Waals surface area contributed by atoms with Crippen LogP contribution in [0.4, 0.5) is 0 Å². The molecule has 0 heterocycles. The van der Waals surface area contributed by atoms with Gasteiger partial charge in [-0.3, -0.25) is 15.7 Å². The molecule has 0 saturated heterocycles. The molecule has 10 heavy (non-hydrogen) atoms. The van der Waals surface area contributed by atoms with E-state index in [2.05, 4.69) is 17.4 Å². The largest absolute Gasteiger partial charge is 0.290 e. The van der Waals surface area contributed by atoms with Gasteiger partial charge in [0.25, 0.3) is 0 Å². The second-order valence-electron chi connectivity index (χ2n) is 2.14. The van der Waals surface area contributed by atoms with Crippen molar-refractivity contribution in [1.82, 2.24) is 5.48 Å². The van der Waals surface area contributed by atoms with E-state index in [0.717, 1.165) is 25.8 Å². The molecule has 0 aromatic rings. The zero-order valence-electron chi connectivity index (χ0n) is 6.72. The molecule has 60 valence electrons. The van der Waals surface area contributed by atoms with Crippen molar-refractivity contribution < 1.29 is 5.21 Å². The van der Waals surface area contributed by atoms with Crippen LogP contribution in [0, 0.1) is 0 Å². The smallest absolute Gasteiger partial charge is 0.120 e. The highest BCUT2D eigenvalue weighted by Gasteiger charge is 1.93. The summed E-state index contributed by atoms with van der Waals surface area (Å²) >= 11 is 0. The number of hydroxylamine groups is 1. The summed E-state index contributed by atoms with van der Waals surface area (Å²) in [6.45, 7) is 4.79. The molecule has 0 unspecified atom stereocenters. The average molecular weight is 144 g/mol. The molecular weight excluding hydrogens is 128 g/mol. The molecule has 0 fully saturated rings. The fraction of sp³-hybridized carbons (Fsp3) is 0.857. The van der Waals surface area contributed by atoms with Crippen molar-refractivity contribution in [1.29, 1.82) is 0 Å². The van der Waals surface area contributed by atoms with Crippen molar-refractivity contribution in [3.63, 3.8) is 0 Å². The van der Waals surface area contributed by atoms with E-state index in [-0.39, 0.29) is 0 Å². The standard InChI is InChI=1S/C7H16N2O/c1-3-5-6-7(9-10)8-4-2/h10H,3-6H2,1-2H3,(H,8,9). The third-order valence-corrected chi connectivity index (χ3v) is 1.25. The number of nitrogens with zero attached hydrogens (tertiary/aromatic N) is 1. The summed E-state index contributed by atoms with van der Waals surface area (Å²) in [5.74, 6) is 0.698. The Morgan fingerprint density at radius 2 is 2.20 bits per heavy atom. The van der Waals surface area contributed by atoms with E-state index in [1.165, 1.54) is 0 Å². The first-order chi connectivity index (χ1) is 4.85. The zero-order chi connectivity index (χ0) is 7.82. The van der Waals surface area contributed by atoms with Crippen LogP contribution < -0.4 is 5.48 Å². The molecule has 0 amide bonds. The molecule has 0 aliphatic carbocycles. The van der Waals surface area contributed by atoms with Crippen molar-refractivity contribution in [3.05, 3.63) is 0 Å². The highest BCUT2D eigenvalue weighted by Crippen LogP contribution is 1.94. The molecule has 0 aromatic carbocycles. The predicted octanol–water partition coefficient (Wildman–Crippen LogP) is 1.57. The second kappa shape index (κ2) is 6.55. The molecule has 2 N–H and O–H groups in total. The Morgan fingerprint density at radius 3 is 2.60 bits per heavy atom. The quantitative estimate of drug-likeness (QED) is 0.357. The Kier molecular flexibility index (Phi) is 6.18. The second-order valence-corrected chi connectivity index (χ2v) is 2.14. The van der Waals surface area contributed by atoms with Gasteiger partial charge in [-0.1, -0.05) is 13.3 Å². The Morgan fingerprint density at radius 1 is 1.50 bits per heavy atom. The SMILES string of the molecule is CCCCC(=NCC)NO. The minimum atomic E-state index is 0.698. The number of nitrogens with one attached hydrogen (secondary N) is 1. The van der Waals surface area contributed by atoms with Crippen LogP contribution in [0.25, 0.3) is 0 Å². The summed E-state index contributed by atoms with van der Waals surface area (Å²) in [6, 6.07) is 0. The van der Waals surface area contributed by atoms with Gasteiger partial charge >= 0.3 is 0 Å². The van der Waals surface area contributed by atoms with Crippen LogP contribution in [0.1, 0.15) is 33.1 Å². The van der Waals surface area contributed by atoms with Gasteiger partial charge in [0.1, 0.15) is 5.84 Å². The van der Waals surface area contributed by atoms with Gasteiger partial charge in [-0.2, -0.15) is 0 Å². The van der Waals surface area contributed by atoms with Crippen LogP contribution >= 0.6 is 0 Å². The van der Waals surface area contributed by atoms with E-state index in [9.17, 15) is 0 Å². The zero-order valence-corrected chi connectivity index (χ0v) is 6.72. The summed E-state index contributed by atoms with van der Waals surface area (Å²) in [6.07, 6.45) is 3.05. The molecule has 3 nitrogen and oxygen atoms in total. The lowest BCUT2D eigenvalue weighted by atomic mass is 10.2. The first kappa shape index (κ1) is 9.43. The highest BCUT2D eigenvalue weighted by atomic mass is 16.5. The van der Waals surface area contributed by atoms with Crippen molar-refractivity contribution in [3.8, 4) is 0 Å². The number of hydrogen-bond donors (Lipinski definition) is 2. The summed E-state index contributed by atoms with van der Waals surface area (Å²) in [5, 5.41) is 8.50. The first-order valence-electron chi connectivity index (χ1n) is 3.78. The molecule has 0 aliphatic heterocycles. The number of rotatable bonds is 4. The maximum absolute atomic E-state index is 8.50. The van der Waals surface area contributed by atoms with E-state index in [1.54, 1.807) is 0 Å². The van der Waals surface area contributed by atoms with Crippen LogP contribution in [-0.4, -0.2) is 17.6 Å². The van der Waals surface area contributed by atoms with Gasteiger partial charge in [-0.25, -0.2) is 0 Å². The molecule has 0 bridgehead atoms. The molecule has 0 saturated carbocycles. The van der Waals surface area contributed by atoms with Crippen LogP contribution in [0.15, 0.2) is 4.99 Å². The summed E-state index contributed by atoms with van der Waals surface area (Å²) in [4.78, 5) is 4.04. The van der Waals surface area contributed by atoms with Gasteiger partial charge in [0, 0.05) is 13.0 Å². The number of hydrogen-bond acceptors (Lipinski definition) is 2. The van der Waals surface area contributed by atoms with Gasteiger partial charge < -0.3 is 0 Å². The summed E-state index contributed by atoms with van der Waals surface area (Å²) in [7, 11) is 0. The Balaban J connectivity index is 3.49. The van der Waals surface area contributed by atoms with E-state index >= 15 is 0 Å². The van der Waals surface area contributed by atoms with Crippen molar-refractivity contribution in [2.24, 2.45) is 4.99 Å². The molecule has 0 atom stereocenters. The summed E-state index contributed by atoms with van der Waals surface area (Å²) < 4.78 is 0. The van der Waals surface area contributed by atoms with E-state index in [4.69, 9.17) is 5.21 Å². The Labute approximate surface area is 62.1 Å². The predicted molar refractivity (Wildman–Crippen MR) is 42.4 cm³/mol. The van der Waals surface area contributed by atoms with E-state index in [1.807, 2.05) is 6.92 Å². The van der Waals surface area contributed by atoms with Crippen LogP contribution in [0.2, 0.25) is 0 Å². The van der Waals surface area contributed by atoms with Crippen molar-refractivity contribution >= 4 is 5.84 Å². The lowest BCUT2D eigenvalue weighted by molar-refractivity contribution is 0.231. The molecule has 0 aliphatic rings. The van der Waals surface area contributed by atoms with Gasteiger partial charge in [-0.15, -0.1) is 0 Å².